The quantitative estimate of drug-likeness (QED) is 0.754. The number of nitrogen functional groups attached to an aromatic ring is 1. The van der Waals surface area contributed by atoms with Gasteiger partial charge in [0, 0.05) is 13.1 Å². The molecule has 1 amide bonds. The Kier molecular flexibility index (Phi) is 6.80. The molecule has 3 N–H and O–H groups in total. The molecule has 2 aromatic rings. The summed E-state index contributed by atoms with van der Waals surface area (Å²) >= 11 is 0. The molecule has 2 aromatic carbocycles. The second kappa shape index (κ2) is 8.69. The number of sulfonamides is 1. The molecule has 1 saturated heterocycles. The van der Waals surface area contributed by atoms with E-state index in [0.29, 0.717) is 30.8 Å². The van der Waals surface area contributed by atoms with E-state index >= 15 is 0 Å². The number of amides is 1. The fourth-order valence-electron chi connectivity index (χ4n) is 2.98. The van der Waals surface area contributed by atoms with Gasteiger partial charge in [-0.2, -0.15) is 4.31 Å². The van der Waals surface area contributed by atoms with Gasteiger partial charge in [-0.1, -0.05) is 12.1 Å². The van der Waals surface area contributed by atoms with Crippen LogP contribution < -0.4 is 11.1 Å². The number of para-hydroxylation sites is 2. The molecular formula is C18H21ClFN3O3S. The third kappa shape index (κ3) is 4.77. The predicted molar refractivity (Wildman–Crippen MR) is 105 cm³/mol. The van der Waals surface area contributed by atoms with E-state index in [-0.39, 0.29) is 29.8 Å². The molecule has 0 bridgehead atoms. The molecule has 1 aliphatic rings. The molecule has 0 saturated carbocycles. The van der Waals surface area contributed by atoms with Gasteiger partial charge in [-0.3, -0.25) is 4.79 Å². The van der Waals surface area contributed by atoms with Crippen molar-refractivity contribution in [2.75, 3.05) is 24.1 Å². The van der Waals surface area contributed by atoms with Crippen molar-refractivity contribution in [3.63, 3.8) is 0 Å². The minimum absolute atomic E-state index is 0. The molecule has 27 heavy (non-hydrogen) atoms. The highest BCUT2D eigenvalue weighted by Gasteiger charge is 2.33. The Morgan fingerprint density at radius 1 is 1.15 bits per heavy atom. The molecule has 6 nitrogen and oxygen atoms in total. The number of piperidine rings is 1. The van der Waals surface area contributed by atoms with Gasteiger partial charge in [0.1, 0.15) is 5.82 Å². The lowest BCUT2D eigenvalue weighted by Gasteiger charge is -2.31. The summed E-state index contributed by atoms with van der Waals surface area (Å²) in [6.07, 6.45) is 1.16. The molecule has 9 heteroatoms. The number of halogens is 2. The molecule has 0 spiro atoms. The molecule has 0 aromatic heterocycles. The summed E-state index contributed by atoms with van der Waals surface area (Å²) in [7, 11) is -3.76. The van der Waals surface area contributed by atoms with Crippen molar-refractivity contribution in [3.8, 4) is 0 Å². The number of benzene rings is 2. The minimum Gasteiger partial charge on any atom is -0.397 e. The van der Waals surface area contributed by atoms with E-state index in [2.05, 4.69) is 5.32 Å². The molecule has 1 fully saturated rings. The smallest absolute Gasteiger partial charge is 0.243 e. The summed E-state index contributed by atoms with van der Waals surface area (Å²) in [6.45, 7) is 0.412. The monoisotopic (exact) mass is 413 g/mol. The maximum atomic E-state index is 13.1. The Hall–Kier alpha value is -2.16. The van der Waals surface area contributed by atoms with Crippen LogP contribution in [0.5, 0.6) is 0 Å². The van der Waals surface area contributed by atoms with Gasteiger partial charge in [-0.05, 0) is 49.2 Å². The fraction of sp³-hybridized carbons (Fsp3) is 0.278. The molecule has 1 unspecified atom stereocenters. The van der Waals surface area contributed by atoms with Crippen molar-refractivity contribution in [2.45, 2.75) is 17.7 Å². The molecule has 1 aliphatic heterocycles. The van der Waals surface area contributed by atoms with Crippen molar-refractivity contribution in [3.05, 3.63) is 54.3 Å². The van der Waals surface area contributed by atoms with E-state index in [1.54, 1.807) is 24.3 Å². The van der Waals surface area contributed by atoms with E-state index in [4.69, 9.17) is 5.73 Å². The lowest BCUT2D eigenvalue weighted by atomic mass is 9.98. The summed E-state index contributed by atoms with van der Waals surface area (Å²) in [5.74, 6) is -1.24. The van der Waals surface area contributed by atoms with Gasteiger partial charge in [0.05, 0.1) is 22.2 Å². The van der Waals surface area contributed by atoms with Crippen molar-refractivity contribution in [1.29, 1.82) is 0 Å². The van der Waals surface area contributed by atoms with E-state index in [9.17, 15) is 17.6 Å². The van der Waals surface area contributed by atoms with Gasteiger partial charge in [0.15, 0.2) is 0 Å². The number of carbonyl (C=O) groups is 1. The average Bonchev–Trinajstić information content (AvgIpc) is 2.64. The van der Waals surface area contributed by atoms with Crippen LogP contribution in [0.25, 0.3) is 0 Å². The summed E-state index contributed by atoms with van der Waals surface area (Å²) < 4.78 is 39.8. The molecular weight excluding hydrogens is 393 g/mol. The Balaban J connectivity index is 0.00000261. The first-order valence-corrected chi connectivity index (χ1v) is 9.73. The van der Waals surface area contributed by atoms with Gasteiger partial charge in [0.2, 0.25) is 15.9 Å². The maximum absolute atomic E-state index is 13.1. The third-order valence-electron chi connectivity index (χ3n) is 4.42. The fourth-order valence-corrected chi connectivity index (χ4v) is 4.50. The second-order valence-corrected chi connectivity index (χ2v) is 8.17. The predicted octanol–water partition coefficient (Wildman–Crippen LogP) is 2.87. The minimum atomic E-state index is -3.76. The number of carbonyl (C=O) groups excluding carboxylic acids is 1. The van der Waals surface area contributed by atoms with Crippen molar-refractivity contribution < 1.29 is 17.6 Å². The third-order valence-corrected chi connectivity index (χ3v) is 6.30. The van der Waals surface area contributed by atoms with Crippen LogP contribution in [0.1, 0.15) is 12.8 Å². The lowest BCUT2D eigenvalue weighted by Crippen LogP contribution is -2.43. The maximum Gasteiger partial charge on any atom is 0.243 e. The first kappa shape index (κ1) is 21.1. The Morgan fingerprint density at radius 2 is 1.81 bits per heavy atom. The summed E-state index contributed by atoms with van der Waals surface area (Å²) in [5.41, 5.74) is 6.79. The van der Waals surface area contributed by atoms with E-state index in [1.807, 2.05) is 0 Å². The van der Waals surface area contributed by atoms with Crippen LogP contribution in [-0.4, -0.2) is 31.7 Å². The standard InChI is InChI=1S/C18H20FN3O3S.ClH/c19-14-7-9-15(10-8-14)26(24,25)22-11-3-4-13(12-22)18(23)21-17-6-2-1-5-16(17)20;/h1-2,5-10,13H,3-4,11-12,20H2,(H,21,23);1H. The topological polar surface area (TPSA) is 92.5 Å². The highest BCUT2D eigenvalue weighted by atomic mass is 35.5. The lowest BCUT2D eigenvalue weighted by molar-refractivity contribution is -0.120. The number of hydrogen-bond acceptors (Lipinski definition) is 4. The zero-order valence-corrected chi connectivity index (χ0v) is 16.1. The number of nitrogens with two attached hydrogens (primary N) is 1. The summed E-state index contributed by atoms with van der Waals surface area (Å²) in [5, 5.41) is 2.76. The van der Waals surface area contributed by atoms with Gasteiger partial charge >= 0.3 is 0 Å². The molecule has 1 atom stereocenters. The van der Waals surface area contributed by atoms with E-state index in [0.717, 1.165) is 12.1 Å². The van der Waals surface area contributed by atoms with Gasteiger partial charge in [-0.15, -0.1) is 12.4 Å². The van der Waals surface area contributed by atoms with Crippen LogP contribution in [0.3, 0.4) is 0 Å². The van der Waals surface area contributed by atoms with Gasteiger partial charge < -0.3 is 11.1 Å². The molecule has 0 radical (unpaired) electrons. The normalized spacial score (nSPS) is 17.7. The molecule has 146 valence electrons. The van der Waals surface area contributed by atoms with Gasteiger partial charge in [-0.25, -0.2) is 12.8 Å². The highest BCUT2D eigenvalue weighted by Crippen LogP contribution is 2.26. The Labute approximate surface area is 164 Å². The van der Waals surface area contributed by atoms with Crippen LogP contribution in [0.2, 0.25) is 0 Å². The average molecular weight is 414 g/mol. The largest absolute Gasteiger partial charge is 0.397 e. The van der Waals surface area contributed by atoms with Crippen LogP contribution in [0.15, 0.2) is 53.4 Å². The van der Waals surface area contributed by atoms with Gasteiger partial charge in [0.25, 0.3) is 0 Å². The molecule has 3 rings (SSSR count). The van der Waals surface area contributed by atoms with Crippen LogP contribution >= 0.6 is 12.4 Å². The number of rotatable bonds is 4. The number of nitrogens with one attached hydrogen (secondary N) is 1. The van der Waals surface area contributed by atoms with Crippen molar-refractivity contribution in [2.24, 2.45) is 5.92 Å². The summed E-state index contributed by atoms with van der Waals surface area (Å²) in [6, 6.07) is 11.6. The zero-order chi connectivity index (χ0) is 18.7. The first-order chi connectivity index (χ1) is 12.4. The molecule has 0 aliphatic carbocycles. The zero-order valence-electron chi connectivity index (χ0n) is 14.5. The molecule has 1 heterocycles. The number of nitrogens with zero attached hydrogens (tertiary/aromatic N) is 1. The second-order valence-electron chi connectivity index (χ2n) is 6.23. The highest BCUT2D eigenvalue weighted by molar-refractivity contribution is 7.89. The SMILES string of the molecule is Cl.Nc1ccccc1NC(=O)C1CCCN(S(=O)(=O)c2ccc(F)cc2)C1. The number of anilines is 2. The number of hydrogen-bond donors (Lipinski definition) is 2. The van der Waals surface area contributed by atoms with Crippen molar-refractivity contribution >= 4 is 39.7 Å². The van der Waals surface area contributed by atoms with Crippen LogP contribution in [0.4, 0.5) is 15.8 Å². The van der Waals surface area contributed by atoms with Crippen LogP contribution in [0, 0.1) is 11.7 Å². The van der Waals surface area contributed by atoms with Crippen molar-refractivity contribution in [1.82, 2.24) is 4.31 Å². The Morgan fingerprint density at radius 3 is 2.48 bits per heavy atom. The summed E-state index contributed by atoms with van der Waals surface area (Å²) in [4.78, 5) is 12.6. The Bertz CT molecular complexity index is 906. The van der Waals surface area contributed by atoms with Crippen LogP contribution in [-0.2, 0) is 14.8 Å². The van der Waals surface area contributed by atoms with E-state index in [1.165, 1.54) is 16.4 Å². The van der Waals surface area contributed by atoms with E-state index < -0.39 is 21.8 Å². The first-order valence-electron chi connectivity index (χ1n) is 8.29.